The predicted molar refractivity (Wildman–Crippen MR) is 62.1 cm³/mol. The molecular formula is C11H13FN4O. The van der Waals surface area contributed by atoms with Crippen LogP contribution in [0.5, 0.6) is 0 Å². The van der Waals surface area contributed by atoms with Crippen molar-refractivity contribution in [2.75, 3.05) is 13.1 Å². The van der Waals surface area contributed by atoms with E-state index in [-0.39, 0.29) is 5.91 Å². The minimum Gasteiger partial charge on any atom is -0.352 e. The predicted octanol–water partition coefficient (Wildman–Crippen LogP) is 2.56. The van der Waals surface area contributed by atoms with E-state index < -0.39 is 5.82 Å². The van der Waals surface area contributed by atoms with Gasteiger partial charge in [-0.2, -0.15) is 0 Å². The Morgan fingerprint density at radius 3 is 2.94 bits per heavy atom. The molecule has 0 saturated carbocycles. The Kier molecular flexibility index (Phi) is 4.97. The molecule has 0 aliphatic rings. The van der Waals surface area contributed by atoms with Crippen molar-refractivity contribution in [3.8, 4) is 0 Å². The quantitative estimate of drug-likeness (QED) is 0.362. The summed E-state index contributed by atoms with van der Waals surface area (Å²) in [5.74, 6) is -0.752. The number of azide groups is 1. The van der Waals surface area contributed by atoms with Crippen LogP contribution in [0.3, 0.4) is 0 Å². The first-order valence-electron chi connectivity index (χ1n) is 5.19. The van der Waals surface area contributed by atoms with Gasteiger partial charge < -0.3 is 5.32 Å². The van der Waals surface area contributed by atoms with E-state index in [1.165, 1.54) is 12.1 Å². The zero-order chi connectivity index (χ0) is 12.7. The highest BCUT2D eigenvalue weighted by atomic mass is 19.1. The van der Waals surface area contributed by atoms with Crippen LogP contribution in [-0.2, 0) is 0 Å². The summed E-state index contributed by atoms with van der Waals surface area (Å²) >= 11 is 0. The van der Waals surface area contributed by atoms with Gasteiger partial charge in [0.2, 0.25) is 0 Å². The van der Waals surface area contributed by atoms with E-state index in [0.717, 1.165) is 0 Å². The van der Waals surface area contributed by atoms with Crippen molar-refractivity contribution in [3.05, 3.63) is 45.6 Å². The first-order chi connectivity index (χ1) is 8.13. The maximum atomic E-state index is 13.0. The number of carbonyl (C=O) groups excluding carboxylic acids is 1. The lowest BCUT2D eigenvalue weighted by molar-refractivity contribution is 0.0953. The molecule has 90 valence electrons. The van der Waals surface area contributed by atoms with Gasteiger partial charge in [0.15, 0.2) is 0 Å². The summed E-state index contributed by atoms with van der Waals surface area (Å²) in [7, 11) is 0. The summed E-state index contributed by atoms with van der Waals surface area (Å²) in [5.41, 5.74) is 9.04. The summed E-state index contributed by atoms with van der Waals surface area (Å²) in [6.45, 7) is 2.45. The van der Waals surface area contributed by atoms with Gasteiger partial charge in [-0.15, -0.1) is 0 Å². The Hall–Kier alpha value is -2.07. The lowest BCUT2D eigenvalue weighted by Crippen LogP contribution is -2.25. The molecule has 5 nitrogen and oxygen atoms in total. The molecule has 0 radical (unpaired) electrons. The molecule has 0 spiro atoms. The molecule has 0 unspecified atom stereocenters. The Balaban J connectivity index is 2.49. The molecule has 1 rings (SSSR count). The van der Waals surface area contributed by atoms with Crippen molar-refractivity contribution in [2.45, 2.75) is 13.3 Å². The summed E-state index contributed by atoms with van der Waals surface area (Å²) in [5, 5.41) is 5.96. The number of aryl methyl sites for hydroxylation is 1. The minimum absolute atomic E-state index is 0.297. The number of nitrogens with one attached hydrogen (secondary N) is 1. The smallest absolute Gasteiger partial charge is 0.251 e. The van der Waals surface area contributed by atoms with Gasteiger partial charge >= 0.3 is 0 Å². The Labute approximate surface area is 98.3 Å². The second-order valence-corrected chi connectivity index (χ2v) is 3.58. The van der Waals surface area contributed by atoms with Crippen LogP contribution in [0, 0.1) is 12.7 Å². The fraction of sp³-hybridized carbons (Fsp3) is 0.364. The first kappa shape index (κ1) is 13.0. The van der Waals surface area contributed by atoms with Gasteiger partial charge in [0.1, 0.15) is 5.82 Å². The van der Waals surface area contributed by atoms with Crippen molar-refractivity contribution in [1.82, 2.24) is 5.32 Å². The average Bonchev–Trinajstić information content (AvgIpc) is 2.27. The summed E-state index contributed by atoms with van der Waals surface area (Å²) in [4.78, 5) is 14.2. The second kappa shape index (κ2) is 6.50. The fourth-order valence-corrected chi connectivity index (χ4v) is 1.37. The fourth-order valence-electron chi connectivity index (χ4n) is 1.37. The van der Waals surface area contributed by atoms with E-state index in [1.807, 2.05) is 0 Å². The molecule has 1 aromatic carbocycles. The van der Waals surface area contributed by atoms with Crippen molar-refractivity contribution in [3.63, 3.8) is 0 Å². The molecule has 0 fully saturated rings. The molecule has 1 aromatic rings. The van der Waals surface area contributed by atoms with Crippen LogP contribution in [0.25, 0.3) is 10.4 Å². The highest BCUT2D eigenvalue weighted by Crippen LogP contribution is 2.08. The van der Waals surface area contributed by atoms with Crippen molar-refractivity contribution in [2.24, 2.45) is 5.11 Å². The van der Waals surface area contributed by atoms with E-state index in [2.05, 4.69) is 15.3 Å². The lowest BCUT2D eigenvalue weighted by atomic mass is 10.1. The molecule has 0 bridgehead atoms. The highest BCUT2D eigenvalue weighted by molar-refractivity contribution is 5.94. The maximum absolute atomic E-state index is 13.0. The number of halogens is 1. The highest BCUT2D eigenvalue weighted by Gasteiger charge is 2.06. The number of hydrogen-bond donors (Lipinski definition) is 1. The van der Waals surface area contributed by atoms with Crippen LogP contribution < -0.4 is 5.32 Å². The third-order valence-electron chi connectivity index (χ3n) is 2.09. The standard InChI is InChI=1S/C11H13FN4O/c1-8-5-9(7-10(12)6-8)11(17)14-3-2-4-15-16-13/h5-7H,2-4H2,1H3,(H,14,17). The Bertz CT molecular complexity index is 435. The molecule has 1 N–H and O–H groups in total. The lowest BCUT2D eigenvalue weighted by Gasteiger charge is -2.05. The first-order valence-corrected chi connectivity index (χ1v) is 5.19. The number of carbonyl (C=O) groups is 1. The zero-order valence-electron chi connectivity index (χ0n) is 9.48. The van der Waals surface area contributed by atoms with E-state index in [9.17, 15) is 9.18 Å². The minimum atomic E-state index is -0.427. The summed E-state index contributed by atoms with van der Waals surface area (Å²) < 4.78 is 13.0. The second-order valence-electron chi connectivity index (χ2n) is 3.58. The van der Waals surface area contributed by atoms with E-state index in [0.29, 0.717) is 30.6 Å². The van der Waals surface area contributed by atoms with Gasteiger partial charge in [-0.1, -0.05) is 5.11 Å². The number of amides is 1. The number of nitrogens with zero attached hydrogens (tertiary/aromatic N) is 3. The van der Waals surface area contributed by atoms with Gasteiger partial charge in [-0.3, -0.25) is 4.79 Å². The largest absolute Gasteiger partial charge is 0.352 e. The third-order valence-corrected chi connectivity index (χ3v) is 2.09. The van der Waals surface area contributed by atoms with Crippen LogP contribution in [0.15, 0.2) is 23.3 Å². The molecular weight excluding hydrogens is 223 g/mol. The normalized spacial score (nSPS) is 9.53. The van der Waals surface area contributed by atoms with Crippen LogP contribution >= 0.6 is 0 Å². The third kappa shape index (κ3) is 4.53. The van der Waals surface area contributed by atoms with E-state index >= 15 is 0 Å². The van der Waals surface area contributed by atoms with Gasteiger partial charge in [0, 0.05) is 23.6 Å². The summed E-state index contributed by atoms with van der Waals surface area (Å²) in [6, 6.07) is 4.17. The molecule has 0 atom stereocenters. The molecule has 0 aromatic heterocycles. The zero-order valence-corrected chi connectivity index (χ0v) is 9.48. The molecule has 6 heteroatoms. The van der Waals surface area contributed by atoms with Crippen LogP contribution in [-0.4, -0.2) is 19.0 Å². The van der Waals surface area contributed by atoms with Crippen LogP contribution in [0.4, 0.5) is 4.39 Å². The Morgan fingerprint density at radius 1 is 1.53 bits per heavy atom. The van der Waals surface area contributed by atoms with Crippen LogP contribution in [0.1, 0.15) is 22.3 Å². The monoisotopic (exact) mass is 236 g/mol. The van der Waals surface area contributed by atoms with Gasteiger partial charge in [-0.05, 0) is 42.6 Å². The molecule has 0 saturated heterocycles. The van der Waals surface area contributed by atoms with Gasteiger partial charge in [0.05, 0.1) is 0 Å². The number of hydrogen-bond acceptors (Lipinski definition) is 2. The van der Waals surface area contributed by atoms with Gasteiger partial charge in [0.25, 0.3) is 5.91 Å². The molecule has 0 aliphatic carbocycles. The van der Waals surface area contributed by atoms with Gasteiger partial charge in [-0.25, -0.2) is 4.39 Å². The molecule has 0 aliphatic heterocycles. The number of rotatable bonds is 5. The molecule has 17 heavy (non-hydrogen) atoms. The topological polar surface area (TPSA) is 77.9 Å². The maximum Gasteiger partial charge on any atom is 0.251 e. The van der Waals surface area contributed by atoms with Crippen molar-refractivity contribution < 1.29 is 9.18 Å². The van der Waals surface area contributed by atoms with Crippen LogP contribution in [0.2, 0.25) is 0 Å². The SMILES string of the molecule is Cc1cc(F)cc(C(=O)NCCCN=[N+]=[N-])c1. The Morgan fingerprint density at radius 2 is 2.29 bits per heavy atom. The average molecular weight is 236 g/mol. The number of benzene rings is 1. The van der Waals surface area contributed by atoms with E-state index in [1.54, 1.807) is 13.0 Å². The molecule has 1 amide bonds. The summed E-state index contributed by atoms with van der Waals surface area (Å²) in [6.07, 6.45) is 0.560. The molecule has 0 heterocycles. The van der Waals surface area contributed by atoms with Crippen molar-refractivity contribution in [1.29, 1.82) is 0 Å². The van der Waals surface area contributed by atoms with Crippen molar-refractivity contribution >= 4 is 5.91 Å². The van der Waals surface area contributed by atoms with E-state index in [4.69, 9.17) is 5.53 Å².